The van der Waals surface area contributed by atoms with Crippen LogP contribution in [-0.4, -0.2) is 17.6 Å². The minimum absolute atomic E-state index is 0. The number of carbonyl (C=O) groups is 1. The van der Waals surface area contributed by atoms with Crippen molar-refractivity contribution in [3.63, 3.8) is 0 Å². The number of rotatable bonds is 3. The van der Waals surface area contributed by atoms with Gasteiger partial charge in [-0.1, -0.05) is 6.42 Å². The third-order valence-corrected chi connectivity index (χ3v) is 2.02. The zero-order valence-corrected chi connectivity index (χ0v) is 32.2. The van der Waals surface area contributed by atoms with Gasteiger partial charge in [0.1, 0.15) is 0 Å². The molecule has 0 saturated carbocycles. The molecule has 99 valence electrons. The molecule has 1 aromatic rings. The molecule has 0 amide bonds. The maximum Gasteiger partial charge on any atom is 0.357 e. The number of halogens is 1. The van der Waals surface area contributed by atoms with Crippen LogP contribution in [0.4, 0.5) is 4.39 Å². The van der Waals surface area contributed by atoms with Crippen LogP contribution in [0.5, 0.6) is 0 Å². The number of aromatic nitrogens is 1. The van der Waals surface area contributed by atoms with Gasteiger partial charge in [0.25, 0.3) is 0 Å². The Hall–Kier alpha value is 6.41. The van der Waals surface area contributed by atoms with Crippen LogP contribution in [0.3, 0.4) is 0 Å². The third kappa shape index (κ3) is 15.9. The minimum Gasteiger partial charge on any atom is -0.464 e. The SMILES string of the molecule is [CH2-]CCc1cn(C)c(C(=O)OC)c1F.[Y].[Y].[Y].[Y].[Y].[Y].[Y]. The number of methoxy groups -OCH3 is 1. The van der Waals surface area contributed by atoms with E-state index >= 15 is 0 Å². The zero-order chi connectivity index (χ0) is 10.7. The number of hydrogen-bond donors (Lipinski definition) is 0. The fourth-order valence-electron chi connectivity index (χ4n) is 1.36. The van der Waals surface area contributed by atoms with Gasteiger partial charge in [0, 0.05) is 248 Å². The van der Waals surface area contributed by atoms with Gasteiger partial charge in [-0.2, -0.15) is 6.42 Å². The second-order valence-corrected chi connectivity index (χ2v) is 3.02. The molecule has 21 heavy (non-hydrogen) atoms. The van der Waals surface area contributed by atoms with Crippen LogP contribution in [0.2, 0.25) is 0 Å². The molecule has 0 atom stereocenters. The molecule has 3 nitrogen and oxygen atoms in total. The van der Waals surface area contributed by atoms with E-state index in [-0.39, 0.29) is 235 Å². The molecule has 1 aromatic heterocycles. The Kier molecular flexibility index (Phi) is 57.7. The minimum atomic E-state index is -0.652. The largest absolute Gasteiger partial charge is 0.464 e. The number of aryl methyl sites for hydroxylation is 2. The summed E-state index contributed by atoms with van der Waals surface area (Å²) in [5.74, 6) is -1.15. The van der Waals surface area contributed by atoms with Crippen molar-refractivity contribution in [3.8, 4) is 0 Å². The second-order valence-electron chi connectivity index (χ2n) is 3.02. The first kappa shape index (κ1) is 45.9. The average molecular weight is 821 g/mol. The van der Waals surface area contributed by atoms with Crippen molar-refractivity contribution in [1.29, 1.82) is 0 Å². The van der Waals surface area contributed by atoms with Crippen LogP contribution in [0.1, 0.15) is 22.5 Å². The molecule has 11 heteroatoms. The van der Waals surface area contributed by atoms with E-state index in [1.165, 1.54) is 11.7 Å². The predicted octanol–water partition coefficient (Wildman–Crippen LogP) is 1.70. The molecule has 0 saturated heterocycles. The van der Waals surface area contributed by atoms with E-state index in [0.717, 1.165) is 0 Å². The fraction of sp³-hybridized carbons (Fsp3) is 0.400. The van der Waals surface area contributed by atoms with Crippen molar-refractivity contribution in [2.24, 2.45) is 7.05 Å². The molecule has 1 rings (SSSR count). The molecule has 0 N–H and O–H groups in total. The van der Waals surface area contributed by atoms with Crippen LogP contribution < -0.4 is 0 Å². The van der Waals surface area contributed by atoms with Crippen LogP contribution >= 0.6 is 0 Å². The molecule has 0 unspecified atom stereocenters. The number of hydrogen-bond acceptors (Lipinski definition) is 2. The molecule has 0 bridgehead atoms. The van der Waals surface area contributed by atoms with Gasteiger partial charge in [-0.05, 0) is 0 Å². The van der Waals surface area contributed by atoms with Gasteiger partial charge >= 0.3 is 5.97 Å². The Balaban J connectivity index is -0.0000000560. The summed E-state index contributed by atoms with van der Waals surface area (Å²) in [5, 5.41) is 0. The van der Waals surface area contributed by atoms with E-state index in [2.05, 4.69) is 11.7 Å². The molecule has 0 aliphatic heterocycles. The first-order valence-corrected chi connectivity index (χ1v) is 4.33. The summed E-state index contributed by atoms with van der Waals surface area (Å²) in [7, 11) is 2.84. The molecule has 0 aliphatic carbocycles. The van der Waals surface area contributed by atoms with Crippen molar-refractivity contribution >= 4 is 5.97 Å². The molecule has 0 aliphatic rings. The van der Waals surface area contributed by atoms with Gasteiger partial charge in [-0.15, -0.1) is 0 Å². The smallest absolute Gasteiger partial charge is 0.357 e. The predicted molar refractivity (Wildman–Crippen MR) is 50.4 cm³/mol. The monoisotopic (exact) mass is 820 g/mol. The first-order valence-electron chi connectivity index (χ1n) is 4.33. The van der Waals surface area contributed by atoms with E-state index < -0.39 is 11.8 Å². The van der Waals surface area contributed by atoms with E-state index in [1.54, 1.807) is 13.2 Å². The summed E-state index contributed by atoms with van der Waals surface area (Å²) in [6.07, 6.45) is 2.71. The van der Waals surface area contributed by atoms with Crippen molar-refractivity contribution < 1.29 is 243 Å². The van der Waals surface area contributed by atoms with Crippen molar-refractivity contribution in [3.05, 3.63) is 30.2 Å². The molecule has 0 spiro atoms. The van der Waals surface area contributed by atoms with Gasteiger partial charge in [0.05, 0.1) is 7.11 Å². The van der Waals surface area contributed by atoms with E-state index in [1.807, 2.05) is 0 Å². The summed E-state index contributed by atoms with van der Waals surface area (Å²) in [5.41, 5.74) is 0.471. The van der Waals surface area contributed by atoms with Crippen molar-refractivity contribution in [2.45, 2.75) is 12.8 Å². The molecule has 1 heterocycles. The molecular weight excluding hydrogens is 807 g/mol. The number of carbonyl (C=O) groups excluding carboxylic acids is 1. The molecule has 0 aromatic carbocycles. The first-order chi connectivity index (χ1) is 6.61. The summed E-state index contributed by atoms with van der Waals surface area (Å²) >= 11 is 0. The molecular formula is C10H13FNO2Y7-. The maximum absolute atomic E-state index is 13.6. The topological polar surface area (TPSA) is 31.2 Å². The summed E-state index contributed by atoms with van der Waals surface area (Å²) in [6, 6.07) is 0. The normalized spacial score (nSPS) is 6.86. The Bertz CT molecular complexity index is 363. The third-order valence-electron chi connectivity index (χ3n) is 2.02. The van der Waals surface area contributed by atoms with Gasteiger partial charge in [0.2, 0.25) is 0 Å². The fourth-order valence-corrected chi connectivity index (χ4v) is 1.36. The molecule has 7 radical (unpaired) electrons. The Morgan fingerprint density at radius 2 is 1.62 bits per heavy atom. The zero-order valence-electron chi connectivity index (χ0n) is 12.4. The van der Waals surface area contributed by atoms with Gasteiger partial charge in [0.15, 0.2) is 11.5 Å². The summed E-state index contributed by atoms with van der Waals surface area (Å²) < 4.78 is 19.5. The van der Waals surface area contributed by atoms with Crippen molar-refractivity contribution in [1.82, 2.24) is 4.57 Å². The van der Waals surface area contributed by atoms with Gasteiger partial charge in [-0.3, -0.25) is 0 Å². The van der Waals surface area contributed by atoms with Crippen LogP contribution in [0.25, 0.3) is 0 Å². The van der Waals surface area contributed by atoms with Gasteiger partial charge < -0.3 is 16.2 Å². The maximum atomic E-state index is 13.6. The second kappa shape index (κ2) is 26.4. The van der Waals surface area contributed by atoms with Crippen molar-refractivity contribution in [2.75, 3.05) is 7.11 Å². The van der Waals surface area contributed by atoms with Crippen LogP contribution in [0, 0.1) is 12.7 Å². The van der Waals surface area contributed by atoms with Gasteiger partial charge in [-0.25, -0.2) is 9.18 Å². The standard InChI is InChI=1S/C10H13FNO2.7Y/c1-4-5-7-6-12(2)9(8(7)11)10(13)14-3;;;;;;;/h6H,1,4-5H2,2-3H3;;;;;;;/q-1;;;;;;;. The summed E-state index contributed by atoms with van der Waals surface area (Å²) in [6.45, 7) is 3.63. The Morgan fingerprint density at radius 3 is 1.95 bits per heavy atom. The van der Waals surface area contributed by atoms with Crippen LogP contribution in [0.15, 0.2) is 6.20 Å². The van der Waals surface area contributed by atoms with Crippen LogP contribution in [-0.2, 0) is 247 Å². The molecule has 0 fully saturated rings. The average Bonchev–Trinajstić information content (AvgIpc) is 2.42. The Morgan fingerprint density at radius 1 is 1.19 bits per heavy atom. The number of nitrogens with zero attached hydrogens (tertiary/aromatic N) is 1. The number of ether oxygens (including phenoxy) is 1. The number of esters is 1. The summed E-state index contributed by atoms with van der Waals surface area (Å²) in [4.78, 5) is 11.2. The van der Waals surface area contributed by atoms with E-state index in [4.69, 9.17) is 0 Å². The van der Waals surface area contributed by atoms with E-state index in [9.17, 15) is 9.18 Å². The Labute approximate surface area is 302 Å². The van der Waals surface area contributed by atoms with E-state index in [0.29, 0.717) is 18.4 Å². The quantitative estimate of drug-likeness (QED) is 0.344.